The molecule has 2 aromatic rings. The van der Waals surface area contributed by atoms with Gasteiger partial charge in [0.1, 0.15) is 0 Å². The number of nitrogens with one attached hydrogen (secondary N) is 1. The Bertz CT molecular complexity index is 845. The molecule has 0 radical (unpaired) electrons. The van der Waals surface area contributed by atoms with Crippen LogP contribution in [0, 0.1) is 0 Å². The molecule has 7 heteroatoms. The molecule has 0 aromatic heterocycles. The van der Waals surface area contributed by atoms with E-state index in [1.165, 1.54) is 12.1 Å². The zero-order valence-electron chi connectivity index (χ0n) is 13.7. The zero-order chi connectivity index (χ0) is 18.4. The first-order valence-corrected chi connectivity index (χ1v) is 9.20. The number of carbonyl (C=O) groups excluding carboxylic acids is 1. The van der Waals surface area contributed by atoms with Crippen LogP contribution in [0.5, 0.6) is 0 Å². The van der Waals surface area contributed by atoms with Crippen LogP contribution < -0.4 is 4.72 Å². The predicted octanol–water partition coefficient (Wildman–Crippen LogP) is 2.77. The van der Waals surface area contributed by atoms with Crippen molar-refractivity contribution in [2.24, 2.45) is 0 Å². The number of carbonyl (C=O) groups is 2. The van der Waals surface area contributed by atoms with E-state index in [2.05, 4.69) is 4.72 Å². The molecule has 0 saturated carbocycles. The van der Waals surface area contributed by atoms with E-state index in [1.807, 2.05) is 0 Å². The molecule has 6 nitrogen and oxygen atoms in total. The van der Waals surface area contributed by atoms with Crippen molar-refractivity contribution in [1.29, 1.82) is 0 Å². The van der Waals surface area contributed by atoms with Crippen LogP contribution in [-0.2, 0) is 14.8 Å². The van der Waals surface area contributed by atoms with Gasteiger partial charge in [-0.3, -0.25) is 9.59 Å². The van der Waals surface area contributed by atoms with Crippen molar-refractivity contribution in [3.63, 3.8) is 0 Å². The van der Waals surface area contributed by atoms with Gasteiger partial charge in [-0.15, -0.1) is 0 Å². The molecule has 1 unspecified atom stereocenters. The molecule has 0 amide bonds. The van der Waals surface area contributed by atoms with E-state index in [-0.39, 0.29) is 23.5 Å². The number of carboxylic acid groups (broad SMARTS) is 1. The lowest BCUT2D eigenvalue weighted by Gasteiger charge is -2.15. The predicted molar refractivity (Wildman–Crippen MR) is 92.8 cm³/mol. The molecule has 1 atom stereocenters. The van der Waals surface area contributed by atoms with Crippen LogP contribution >= 0.6 is 0 Å². The molecule has 0 bridgehead atoms. The minimum atomic E-state index is -3.63. The van der Waals surface area contributed by atoms with E-state index in [1.54, 1.807) is 49.4 Å². The fourth-order valence-corrected chi connectivity index (χ4v) is 3.54. The number of sulfonamides is 1. The molecular weight excluding hydrogens is 342 g/mol. The second-order valence-electron chi connectivity index (χ2n) is 5.59. The number of ketones is 1. The molecule has 0 aliphatic heterocycles. The monoisotopic (exact) mass is 361 g/mol. The summed E-state index contributed by atoms with van der Waals surface area (Å²) in [6, 6.07) is 14.1. The fraction of sp³-hybridized carbons (Fsp3) is 0.222. The molecule has 25 heavy (non-hydrogen) atoms. The fourth-order valence-electron chi connectivity index (χ4n) is 2.29. The minimum Gasteiger partial charge on any atom is -0.481 e. The van der Waals surface area contributed by atoms with E-state index in [0.29, 0.717) is 11.1 Å². The van der Waals surface area contributed by atoms with Crippen molar-refractivity contribution >= 4 is 21.8 Å². The maximum atomic E-state index is 12.3. The van der Waals surface area contributed by atoms with E-state index < -0.39 is 22.0 Å². The zero-order valence-corrected chi connectivity index (χ0v) is 14.5. The first-order valence-electron chi connectivity index (χ1n) is 7.72. The second-order valence-corrected chi connectivity index (χ2v) is 7.31. The summed E-state index contributed by atoms with van der Waals surface area (Å²) in [5.74, 6) is -1.28. The maximum absolute atomic E-state index is 12.3. The average Bonchev–Trinajstić information content (AvgIpc) is 2.60. The summed E-state index contributed by atoms with van der Waals surface area (Å²) in [5.41, 5.74) is 1.11. The molecule has 0 fully saturated rings. The van der Waals surface area contributed by atoms with Crippen molar-refractivity contribution in [3.05, 3.63) is 65.7 Å². The summed E-state index contributed by atoms with van der Waals surface area (Å²) in [4.78, 5) is 22.6. The summed E-state index contributed by atoms with van der Waals surface area (Å²) in [5, 5.41) is 8.61. The topological polar surface area (TPSA) is 101 Å². The van der Waals surface area contributed by atoms with E-state index in [4.69, 9.17) is 5.11 Å². The van der Waals surface area contributed by atoms with Crippen LogP contribution in [0.1, 0.15) is 41.7 Å². The summed E-state index contributed by atoms with van der Waals surface area (Å²) in [6.45, 7) is 1.71. The van der Waals surface area contributed by atoms with Gasteiger partial charge in [-0.05, 0) is 24.6 Å². The number of hydrogen-bond donors (Lipinski definition) is 2. The molecule has 2 N–H and O–H groups in total. The van der Waals surface area contributed by atoms with Crippen LogP contribution in [-0.4, -0.2) is 25.3 Å². The Labute approximate surface area is 146 Å². The lowest BCUT2D eigenvalue weighted by molar-refractivity contribution is -0.136. The highest BCUT2D eigenvalue weighted by Gasteiger charge is 2.18. The minimum absolute atomic E-state index is 0.0646. The molecule has 2 aromatic carbocycles. The molecule has 0 saturated heterocycles. The summed E-state index contributed by atoms with van der Waals surface area (Å²) in [7, 11) is -3.63. The number of aliphatic carboxylic acids is 1. The number of rotatable bonds is 8. The Morgan fingerprint density at radius 3 is 2.16 bits per heavy atom. The van der Waals surface area contributed by atoms with Crippen molar-refractivity contribution in [2.45, 2.75) is 30.7 Å². The first kappa shape index (κ1) is 18.8. The van der Waals surface area contributed by atoms with Crippen LogP contribution in [0.15, 0.2) is 59.5 Å². The van der Waals surface area contributed by atoms with Gasteiger partial charge in [0.25, 0.3) is 0 Å². The Hall–Kier alpha value is -2.51. The van der Waals surface area contributed by atoms with Gasteiger partial charge in [0.15, 0.2) is 5.78 Å². The molecule has 0 aliphatic rings. The quantitative estimate of drug-likeness (QED) is 0.704. The number of carboxylic acids is 1. The summed E-state index contributed by atoms with van der Waals surface area (Å²) < 4.78 is 27.2. The highest BCUT2D eigenvalue weighted by molar-refractivity contribution is 7.89. The molecular formula is C18H19NO5S. The SMILES string of the molecule is CC(NS(=O)(=O)c1ccccc1)c1ccc(C(=O)CCC(=O)O)cc1. The second kappa shape index (κ2) is 8.04. The lowest BCUT2D eigenvalue weighted by atomic mass is 10.0. The van der Waals surface area contributed by atoms with Gasteiger partial charge in [-0.2, -0.15) is 0 Å². The molecule has 0 spiro atoms. The largest absolute Gasteiger partial charge is 0.481 e. The summed E-state index contributed by atoms with van der Waals surface area (Å²) >= 11 is 0. The van der Waals surface area contributed by atoms with E-state index >= 15 is 0 Å². The standard InChI is InChI=1S/C18H19NO5S/c1-13(19-25(23,24)16-5-3-2-4-6-16)14-7-9-15(10-8-14)17(20)11-12-18(21)22/h2-10,13,19H,11-12H2,1H3,(H,21,22). The Morgan fingerprint density at radius 1 is 1.00 bits per heavy atom. The van der Waals surface area contributed by atoms with Crippen molar-refractivity contribution in [2.75, 3.05) is 0 Å². The van der Waals surface area contributed by atoms with Gasteiger partial charge >= 0.3 is 5.97 Å². The van der Waals surface area contributed by atoms with E-state index in [0.717, 1.165) is 0 Å². The van der Waals surface area contributed by atoms with Gasteiger partial charge in [-0.1, -0.05) is 42.5 Å². The van der Waals surface area contributed by atoms with Crippen LogP contribution in [0.4, 0.5) is 0 Å². The first-order chi connectivity index (χ1) is 11.8. The van der Waals surface area contributed by atoms with Crippen LogP contribution in [0.3, 0.4) is 0 Å². The highest BCUT2D eigenvalue weighted by atomic mass is 32.2. The number of benzene rings is 2. The number of hydrogen-bond acceptors (Lipinski definition) is 4. The van der Waals surface area contributed by atoms with Crippen LogP contribution in [0.25, 0.3) is 0 Å². The molecule has 0 aliphatic carbocycles. The third-order valence-electron chi connectivity index (χ3n) is 3.68. The van der Waals surface area contributed by atoms with Gasteiger partial charge in [0.05, 0.1) is 11.3 Å². The van der Waals surface area contributed by atoms with Gasteiger partial charge < -0.3 is 5.11 Å². The molecule has 0 heterocycles. The number of Topliss-reactive ketones (excluding diaryl/α,β-unsaturated/α-hetero) is 1. The third kappa shape index (κ3) is 5.23. The van der Waals surface area contributed by atoms with Crippen molar-refractivity contribution in [1.82, 2.24) is 4.72 Å². The van der Waals surface area contributed by atoms with E-state index in [9.17, 15) is 18.0 Å². The van der Waals surface area contributed by atoms with Crippen molar-refractivity contribution in [3.8, 4) is 0 Å². The third-order valence-corrected chi connectivity index (χ3v) is 5.24. The van der Waals surface area contributed by atoms with Crippen LogP contribution in [0.2, 0.25) is 0 Å². The normalized spacial score (nSPS) is 12.5. The smallest absolute Gasteiger partial charge is 0.303 e. The Balaban J connectivity index is 2.06. The van der Waals surface area contributed by atoms with Gasteiger partial charge in [0, 0.05) is 18.0 Å². The van der Waals surface area contributed by atoms with Gasteiger partial charge in [0.2, 0.25) is 10.0 Å². The maximum Gasteiger partial charge on any atom is 0.303 e. The Kier molecular flexibility index (Phi) is 6.06. The van der Waals surface area contributed by atoms with Gasteiger partial charge in [-0.25, -0.2) is 13.1 Å². The summed E-state index contributed by atoms with van der Waals surface area (Å²) in [6.07, 6.45) is -0.279. The molecule has 132 valence electrons. The van der Waals surface area contributed by atoms with Crippen molar-refractivity contribution < 1.29 is 23.1 Å². The molecule has 2 rings (SSSR count). The highest BCUT2D eigenvalue weighted by Crippen LogP contribution is 2.18. The Morgan fingerprint density at radius 2 is 1.60 bits per heavy atom. The lowest BCUT2D eigenvalue weighted by Crippen LogP contribution is -2.26. The average molecular weight is 361 g/mol.